The summed E-state index contributed by atoms with van der Waals surface area (Å²) in [4.78, 5) is 24.2. The van der Waals surface area contributed by atoms with Crippen LogP contribution in [0.4, 0.5) is 0 Å². The summed E-state index contributed by atoms with van der Waals surface area (Å²) in [5, 5.41) is 3.65. The number of fused-ring (bicyclic) bond motifs is 1. The lowest BCUT2D eigenvalue weighted by molar-refractivity contribution is -0.123. The van der Waals surface area contributed by atoms with Crippen molar-refractivity contribution in [3.05, 3.63) is 100 Å². The molecule has 0 aliphatic rings. The van der Waals surface area contributed by atoms with Crippen LogP contribution in [0, 0.1) is 6.92 Å². The van der Waals surface area contributed by atoms with Crippen LogP contribution < -0.4 is 15.7 Å². The molecular weight excluding hydrogens is 378 g/mol. The average Bonchev–Trinajstić information content (AvgIpc) is 2.77. The summed E-state index contributed by atoms with van der Waals surface area (Å²) in [5.41, 5.74) is 3.89. The Kier molecular flexibility index (Phi) is 5.61. The Morgan fingerprint density at radius 1 is 0.967 bits per heavy atom. The molecule has 0 aliphatic heterocycles. The Morgan fingerprint density at radius 2 is 1.73 bits per heavy atom. The zero-order valence-corrected chi connectivity index (χ0v) is 16.6. The van der Waals surface area contributed by atoms with E-state index in [4.69, 9.17) is 9.15 Å². The smallest absolute Gasteiger partial charge is 0.336 e. The van der Waals surface area contributed by atoms with Gasteiger partial charge in [-0.05, 0) is 41.3 Å². The Hall–Kier alpha value is -3.86. The Bertz CT molecular complexity index is 1240. The maximum atomic E-state index is 12.1. The predicted molar refractivity (Wildman–Crippen MR) is 116 cm³/mol. The van der Waals surface area contributed by atoms with E-state index in [1.54, 1.807) is 12.1 Å². The van der Waals surface area contributed by atoms with Gasteiger partial charge in [0.25, 0.3) is 5.91 Å². The molecule has 0 radical (unpaired) electrons. The molecule has 0 aliphatic carbocycles. The quantitative estimate of drug-likeness (QED) is 0.486. The summed E-state index contributed by atoms with van der Waals surface area (Å²) in [7, 11) is 0. The molecule has 5 nitrogen and oxygen atoms in total. The molecule has 150 valence electrons. The first-order chi connectivity index (χ1) is 14.6. The Balaban J connectivity index is 1.47. The molecule has 1 amide bonds. The van der Waals surface area contributed by atoms with Gasteiger partial charge in [-0.15, -0.1) is 0 Å². The van der Waals surface area contributed by atoms with Crippen molar-refractivity contribution in [2.75, 3.05) is 6.61 Å². The molecule has 0 saturated carbocycles. The van der Waals surface area contributed by atoms with Crippen LogP contribution in [-0.4, -0.2) is 12.5 Å². The second-order valence-corrected chi connectivity index (χ2v) is 6.99. The minimum atomic E-state index is -0.436. The van der Waals surface area contributed by atoms with Crippen LogP contribution in [0.3, 0.4) is 0 Å². The number of ether oxygens (including phenoxy) is 1. The summed E-state index contributed by atoms with van der Waals surface area (Å²) >= 11 is 0. The Labute approximate surface area is 173 Å². The molecular formula is C25H21NO4. The molecule has 0 spiro atoms. The van der Waals surface area contributed by atoms with E-state index >= 15 is 0 Å². The van der Waals surface area contributed by atoms with Gasteiger partial charge >= 0.3 is 5.63 Å². The standard InChI is InChI=1S/C25H21NO4/c1-17-7-5-6-10-19(17)15-26-24(27)16-29-20-11-12-21-22(18-8-3-2-4-9-18)14-25(28)30-23(21)13-20/h2-14H,15-16H2,1H3,(H,26,27). The largest absolute Gasteiger partial charge is 0.484 e. The SMILES string of the molecule is Cc1ccccc1CNC(=O)COc1ccc2c(-c3ccccc3)cc(=O)oc2c1. The number of rotatable bonds is 6. The molecule has 1 N–H and O–H groups in total. The van der Waals surface area contributed by atoms with Crippen molar-refractivity contribution in [2.24, 2.45) is 0 Å². The maximum Gasteiger partial charge on any atom is 0.336 e. The predicted octanol–water partition coefficient (Wildman–Crippen LogP) is 4.46. The highest BCUT2D eigenvalue weighted by molar-refractivity contribution is 5.93. The van der Waals surface area contributed by atoms with Gasteiger partial charge in [-0.3, -0.25) is 4.79 Å². The molecule has 0 bridgehead atoms. The molecule has 5 heteroatoms. The highest BCUT2D eigenvalue weighted by Crippen LogP contribution is 2.29. The molecule has 3 aromatic carbocycles. The first-order valence-electron chi connectivity index (χ1n) is 9.67. The molecule has 30 heavy (non-hydrogen) atoms. The van der Waals surface area contributed by atoms with Crippen molar-refractivity contribution in [1.82, 2.24) is 5.32 Å². The monoisotopic (exact) mass is 399 g/mol. The van der Waals surface area contributed by atoms with Crippen molar-refractivity contribution < 1.29 is 13.9 Å². The van der Waals surface area contributed by atoms with E-state index in [9.17, 15) is 9.59 Å². The third-order valence-corrected chi connectivity index (χ3v) is 4.91. The summed E-state index contributed by atoms with van der Waals surface area (Å²) < 4.78 is 11.0. The van der Waals surface area contributed by atoms with Crippen molar-refractivity contribution in [2.45, 2.75) is 13.5 Å². The van der Waals surface area contributed by atoms with E-state index in [1.165, 1.54) is 6.07 Å². The summed E-state index contributed by atoms with van der Waals surface area (Å²) in [6, 6.07) is 24.3. The summed E-state index contributed by atoms with van der Waals surface area (Å²) in [5.74, 6) is 0.236. The lowest BCUT2D eigenvalue weighted by atomic mass is 10.0. The van der Waals surface area contributed by atoms with Gasteiger partial charge in [0.05, 0.1) is 0 Å². The maximum absolute atomic E-state index is 12.1. The molecule has 0 saturated heterocycles. The van der Waals surface area contributed by atoms with E-state index in [0.717, 1.165) is 27.6 Å². The molecule has 1 aromatic heterocycles. The normalized spacial score (nSPS) is 10.7. The number of carbonyl (C=O) groups excluding carboxylic acids is 1. The van der Waals surface area contributed by atoms with Crippen LogP contribution in [-0.2, 0) is 11.3 Å². The number of hydrogen-bond acceptors (Lipinski definition) is 4. The van der Waals surface area contributed by atoms with Gasteiger partial charge in [0.2, 0.25) is 0 Å². The van der Waals surface area contributed by atoms with Gasteiger partial charge in [0.1, 0.15) is 11.3 Å². The lowest BCUT2D eigenvalue weighted by Crippen LogP contribution is -2.28. The van der Waals surface area contributed by atoms with E-state index in [1.807, 2.05) is 67.6 Å². The second-order valence-electron chi connectivity index (χ2n) is 6.99. The number of carbonyl (C=O) groups is 1. The summed E-state index contributed by atoms with van der Waals surface area (Å²) in [6.45, 7) is 2.33. The van der Waals surface area contributed by atoms with Gasteiger partial charge in [-0.2, -0.15) is 0 Å². The van der Waals surface area contributed by atoms with E-state index < -0.39 is 5.63 Å². The fourth-order valence-corrected chi connectivity index (χ4v) is 3.29. The minimum absolute atomic E-state index is 0.125. The summed E-state index contributed by atoms with van der Waals surface area (Å²) in [6.07, 6.45) is 0. The van der Waals surface area contributed by atoms with E-state index in [-0.39, 0.29) is 12.5 Å². The average molecular weight is 399 g/mol. The van der Waals surface area contributed by atoms with Crippen molar-refractivity contribution in [1.29, 1.82) is 0 Å². The highest BCUT2D eigenvalue weighted by Gasteiger charge is 2.10. The molecule has 0 fully saturated rings. The van der Waals surface area contributed by atoms with Crippen molar-refractivity contribution in [3.8, 4) is 16.9 Å². The third kappa shape index (κ3) is 4.41. The molecule has 4 aromatic rings. The molecule has 1 heterocycles. The zero-order chi connectivity index (χ0) is 20.9. The zero-order valence-electron chi connectivity index (χ0n) is 16.6. The van der Waals surface area contributed by atoms with E-state index in [2.05, 4.69) is 5.32 Å². The van der Waals surface area contributed by atoms with Crippen LogP contribution in [0.15, 0.2) is 88.1 Å². The number of amides is 1. The van der Waals surface area contributed by atoms with E-state index in [0.29, 0.717) is 17.9 Å². The Morgan fingerprint density at radius 3 is 2.53 bits per heavy atom. The van der Waals surface area contributed by atoms with Gasteiger partial charge < -0.3 is 14.5 Å². The van der Waals surface area contributed by atoms with Crippen molar-refractivity contribution >= 4 is 16.9 Å². The van der Waals surface area contributed by atoms with Gasteiger partial charge in [-0.25, -0.2) is 4.79 Å². The fraction of sp³-hybridized carbons (Fsp3) is 0.120. The van der Waals surface area contributed by atoms with Crippen LogP contribution in [0.1, 0.15) is 11.1 Å². The fourth-order valence-electron chi connectivity index (χ4n) is 3.29. The van der Waals surface area contributed by atoms with Crippen molar-refractivity contribution in [3.63, 3.8) is 0 Å². The minimum Gasteiger partial charge on any atom is -0.484 e. The van der Waals surface area contributed by atoms with Crippen LogP contribution in [0.5, 0.6) is 5.75 Å². The van der Waals surface area contributed by atoms with Crippen LogP contribution >= 0.6 is 0 Å². The number of hydrogen-bond donors (Lipinski definition) is 1. The van der Waals surface area contributed by atoms with Gasteiger partial charge in [0, 0.05) is 24.1 Å². The topological polar surface area (TPSA) is 68.5 Å². The van der Waals surface area contributed by atoms with Crippen LogP contribution in [0.25, 0.3) is 22.1 Å². The number of nitrogens with one attached hydrogen (secondary N) is 1. The first-order valence-corrected chi connectivity index (χ1v) is 9.67. The first kappa shape index (κ1) is 19.5. The lowest BCUT2D eigenvalue weighted by Gasteiger charge is -2.10. The second kappa shape index (κ2) is 8.66. The molecule has 0 atom stereocenters. The number of aryl methyl sites for hydroxylation is 1. The third-order valence-electron chi connectivity index (χ3n) is 4.91. The molecule has 0 unspecified atom stereocenters. The number of benzene rings is 3. The highest BCUT2D eigenvalue weighted by atomic mass is 16.5. The van der Waals surface area contributed by atoms with Gasteiger partial charge in [-0.1, -0.05) is 54.6 Å². The van der Waals surface area contributed by atoms with Crippen LogP contribution in [0.2, 0.25) is 0 Å². The molecule has 4 rings (SSSR count). The van der Waals surface area contributed by atoms with Gasteiger partial charge in [0.15, 0.2) is 6.61 Å².